The molecule has 2 aromatic heterocycles. The van der Waals surface area contributed by atoms with Crippen LogP contribution < -0.4 is 4.74 Å². The van der Waals surface area contributed by atoms with Crippen LogP contribution in [-0.4, -0.2) is 34.6 Å². The second-order valence-electron chi connectivity index (χ2n) is 6.58. The average Bonchev–Trinajstić information content (AvgIpc) is 3.12. The van der Waals surface area contributed by atoms with Crippen LogP contribution in [0.5, 0.6) is 5.88 Å². The number of rotatable bonds is 5. The molecular formula is C19H19ClN4O3S. The summed E-state index contributed by atoms with van der Waals surface area (Å²) >= 11 is 6.29. The third-order valence-electron chi connectivity index (χ3n) is 4.95. The Morgan fingerprint density at radius 3 is 2.61 bits per heavy atom. The summed E-state index contributed by atoms with van der Waals surface area (Å²) in [5.41, 5.74) is 2.33. The molecule has 0 saturated carbocycles. The van der Waals surface area contributed by atoms with Crippen LogP contribution in [0.25, 0.3) is 0 Å². The summed E-state index contributed by atoms with van der Waals surface area (Å²) in [4.78, 5) is 4.52. The summed E-state index contributed by atoms with van der Waals surface area (Å²) < 4.78 is 34.8. The van der Waals surface area contributed by atoms with Crippen LogP contribution in [-0.2, 0) is 30.0 Å². The molecule has 28 heavy (non-hydrogen) atoms. The molecule has 0 bridgehead atoms. The van der Waals surface area contributed by atoms with Gasteiger partial charge >= 0.3 is 0 Å². The summed E-state index contributed by atoms with van der Waals surface area (Å²) in [6.07, 6.45) is 3.63. The van der Waals surface area contributed by atoms with Crippen molar-refractivity contribution in [1.82, 2.24) is 19.1 Å². The van der Waals surface area contributed by atoms with E-state index in [1.54, 1.807) is 42.3 Å². The van der Waals surface area contributed by atoms with E-state index in [1.165, 1.54) is 11.4 Å². The molecule has 0 saturated heterocycles. The molecule has 146 valence electrons. The van der Waals surface area contributed by atoms with Crippen LogP contribution in [0, 0.1) is 0 Å². The zero-order valence-electron chi connectivity index (χ0n) is 15.4. The van der Waals surface area contributed by atoms with Crippen LogP contribution in [0.2, 0.25) is 5.02 Å². The fraction of sp³-hybridized carbons (Fsp3) is 0.263. The Morgan fingerprint density at radius 2 is 1.96 bits per heavy atom. The molecule has 0 radical (unpaired) electrons. The summed E-state index contributed by atoms with van der Waals surface area (Å²) in [6, 6.07) is 10.3. The van der Waals surface area contributed by atoms with Crippen molar-refractivity contribution in [1.29, 1.82) is 0 Å². The highest BCUT2D eigenvalue weighted by Crippen LogP contribution is 2.42. The van der Waals surface area contributed by atoms with Crippen molar-refractivity contribution in [2.45, 2.75) is 23.9 Å². The van der Waals surface area contributed by atoms with Crippen molar-refractivity contribution in [2.24, 2.45) is 7.05 Å². The SMILES string of the molecule is COc1ccc(CN2C(Cc3c(Cl)cnn3C)c3ccccc3S2(=O)=O)cn1. The zero-order valence-corrected chi connectivity index (χ0v) is 17.0. The summed E-state index contributed by atoms with van der Waals surface area (Å²) in [7, 11) is -0.298. The summed E-state index contributed by atoms with van der Waals surface area (Å²) in [6.45, 7) is 0.203. The lowest BCUT2D eigenvalue weighted by molar-refractivity contribution is 0.327. The van der Waals surface area contributed by atoms with E-state index >= 15 is 0 Å². The summed E-state index contributed by atoms with van der Waals surface area (Å²) in [5.74, 6) is 0.481. The van der Waals surface area contributed by atoms with Crippen LogP contribution in [0.4, 0.5) is 0 Å². The molecule has 0 N–H and O–H groups in total. The molecule has 1 aliphatic heterocycles. The second-order valence-corrected chi connectivity index (χ2v) is 8.85. The van der Waals surface area contributed by atoms with E-state index in [9.17, 15) is 8.42 Å². The van der Waals surface area contributed by atoms with Crippen molar-refractivity contribution in [3.05, 3.63) is 70.6 Å². The molecule has 1 aliphatic rings. The number of fused-ring (bicyclic) bond motifs is 1. The van der Waals surface area contributed by atoms with Gasteiger partial charge in [-0.2, -0.15) is 9.40 Å². The van der Waals surface area contributed by atoms with Gasteiger partial charge in [0.25, 0.3) is 0 Å². The highest BCUT2D eigenvalue weighted by Gasteiger charge is 2.42. The second kappa shape index (κ2) is 7.20. The molecule has 0 aliphatic carbocycles. The first kappa shape index (κ1) is 18.9. The Morgan fingerprint density at radius 1 is 1.18 bits per heavy atom. The van der Waals surface area contributed by atoms with E-state index in [4.69, 9.17) is 16.3 Å². The minimum atomic E-state index is -3.64. The number of pyridine rings is 1. The molecule has 4 rings (SSSR count). The molecule has 1 aromatic carbocycles. The third-order valence-corrected chi connectivity index (χ3v) is 7.20. The van der Waals surface area contributed by atoms with Gasteiger partial charge in [0.2, 0.25) is 15.9 Å². The van der Waals surface area contributed by atoms with Gasteiger partial charge < -0.3 is 4.74 Å². The van der Waals surface area contributed by atoms with Gasteiger partial charge in [-0.3, -0.25) is 4.68 Å². The molecule has 9 heteroatoms. The lowest BCUT2D eigenvalue weighted by Gasteiger charge is -2.24. The monoisotopic (exact) mass is 418 g/mol. The van der Waals surface area contributed by atoms with Gasteiger partial charge in [-0.1, -0.05) is 35.9 Å². The quantitative estimate of drug-likeness (QED) is 0.636. The van der Waals surface area contributed by atoms with Crippen molar-refractivity contribution in [2.75, 3.05) is 7.11 Å². The van der Waals surface area contributed by atoms with Crippen molar-refractivity contribution < 1.29 is 13.2 Å². The molecule has 1 unspecified atom stereocenters. The average molecular weight is 419 g/mol. The maximum atomic E-state index is 13.2. The number of sulfonamides is 1. The number of ether oxygens (including phenoxy) is 1. The number of aryl methyl sites for hydroxylation is 1. The number of methoxy groups -OCH3 is 1. The number of nitrogens with zero attached hydrogens (tertiary/aromatic N) is 4. The van der Waals surface area contributed by atoms with Gasteiger partial charge in [-0.15, -0.1) is 0 Å². The predicted molar refractivity (Wildman–Crippen MR) is 105 cm³/mol. The Balaban J connectivity index is 1.75. The van der Waals surface area contributed by atoms with Crippen LogP contribution in [0.3, 0.4) is 0 Å². The normalized spacial score (nSPS) is 18.2. The smallest absolute Gasteiger partial charge is 0.244 e. The van der Waals surface area contributed by atoms with Crippen molar-refractivity contribution >= 4 is 21.6 Å². The standard InChI is InChI=1S/C19H19ClN4O3S/c1-23-17(15(20)11-22-23)9-16-14-5-3-4-6-18(14)28(25,26)24(16)12-13-7-8-19(27-2)21-10-13/h3-8,10-11,16H,9,12H2,1-2H3. The minimum Gasteiger partial charge on any atom is -0.481 e. The van der Waals surface area contributed by atoms with E-state index in [1.807, 2.05) is 18.2 Å². The third kappa shape index (κ3) is 3.17. The molecule has 7 nitrogen and oxygen atoms in total. The molecule has 0 amide bonds. The lowest BCUT2D eigenvalue weighted by Crippen LogP contribution is -2.29. The van der Waals surface area contributed by atoms with Crippen LogP contribution in [0.1, 0.15) is 22.9 Å². The number of hydrogen-bond acceptors (Lipinski definition) is 5. The maximum Gasteiger partial charge on any atom is 0.244 e. The van der Waals surface area contributed by atoms with Gasteiger partial charge in [0.05, 0.1) is 35.0 Å². The number of hydrogen-bond donors (Lipinski definition) is 0. The van der Waals surface area contributed by atoms with E-state index in [0.717, 1.165) is 16.8 Å². The number of aromatic nitrogens is 3. The van der Waals surface area contributed by atoms with Gasteiger partial charge in [-0.05, 0) is 17.2 Å². The lowest BCUT2D eigenvalue weighted by atomic mass is 10.0. The Hall–Kier alpha value is -2.42. The van der Waals surface area contributed by atoms with Gasteiger partial charge in [0.1, 0.15) is 0 Å². The largest absolute Gasteiger partial charge is 0.481 e. The molecular weight excluding hydrogens is 400 g/mol. The van der Waals surface area contributed by atoms with Crippen molar-refractivity contribution in [3.8, 4) is 5.88 Å². The van der Waals surface area contributed by atoms with Crippen LogP contribution in [0.15, 0.2) is 53.7 Å². The first-order chi connectivity index (χ1) is 13.4. The van der Waals surface area contributed by atoms with E-state index in [0.29, 0.717) is 22.2 Å². The molecule has 0 spiro atoms. The Bertz CT molecular complexity index is 1090. The highest BCUT2D eigenvalue weighted by molar-refractivity contribution is 7.89. The first-order valence-corrected chi connectivity index (χ1v) is 10.5. The van der Waals surface area contributed by atoms with Gasteiger partial charge in [0, 0.05) is 32.3 Å². The Labute approximate surface area is 168 Å². The van der Waals surface area contributed by atoms with E-state index < -0.39 is 10.0 Å². The number of halogens is 1. The maximum absolute atomic E-state index is 13.2. The minimum absolute atomic E-state index is 0.203. The molecule has 1 atom stereocenters. The summed E-state index contributed by atoms with van der Waals surface area (Å²) in [5, 5.41) is 4.69. The Kier molecular flexibility index (Phi) is 4.86. The van der Waals surface area contributed by atoms with Gasteiger partial charge in [-0.25, -0.2) is 13.4 Å². The molecule has 0 fully saturated rings. The molecule has 3 aromatic rings. The van der Waals surface area contributed by atoms with Gasteiger partial charge in [0.15, 0.2) is 0 Å². The van der Waals surface area contributed by atoms with E-state index in [2.05, 4.69) is 10.1 Å². The van der Waals surface area contributed by atoms with Crippen molar-refractivity contribution in [3.63, 3.8) is 0 Å². The zero-order chi connectivity index (χ0) is 19.9. The van der Waals surface area contributed by atoms with Crippen LogP contribution >= 0.6 is 11.6 Å². The molecule has 3 heterocycles. The number of benzene rings is 1. The van der Waals surface area contributed by atoms with E-state index in [-0.39, 0.29) is 12.6 Å². The fourth-order valence-electron chi connectivity index (χ4n) is 3.50. The topological polar surface area (TPSA) is 77.3 Å². The highest BCUT2D eigenvalue weighted by atomic mass is 35.5. The first-order valence-electron chi connectivity index (χ1n) is 8.68. The predicted octanol–water partition coefficient (Wildman–Crippen LogP) is 2.97. The fourth-order valence-corrected chi connectivity index (χ4v) is 5.59.